The molecular weight excluding hydrogens is 434 g/mol. The van der Waals surface area contributed by atoms with E-state index >= 15 is 0 Å². The molecule has 0 bridgehead atoms. The average Bonchev–Trinajstić information content (AvgIpc) is 3.36. The summed E-state index contributed by atoms with van der Waals surface area (Å²) in [5, 5.41) is 0. The smallest absolute Gasteiger partial charge is 0.0170 e. The maximum Gasteiger partial charge on any atom is -0.0170 e. The molecule has 5 aliphatic carbocycles. The van der Waals surface area contributed by atoms with E-state index < -0.39 is 0 Å². The first-order valence-electron chi connectivity index (χ1n) is 15.9. The van der Waals surface area contributed by atoms with Gasteiger partial charge in [0.15, 0.2) is 0 Å². The lowest BCUT2D eigenvalue weighted by Gasteiger charge is -2.48. The first kappa shape index (κ1) is 25.5. The van der Waals surface area contributed by atoms with Crippen molar-refractivity contribution in [3.63, 3.8) is 0 Å². The lowest BCUT2D eigenvalue weighted by atomic mass is 9.99. The van der Waals surface area contributed by atoms with Crippen LogP contribution < -0.4 is 0 Å². The molecule has 2 unspecified atom stereocenters. The van der Waals surface area contributed by atoms with Gasteiger partial charge in [-0.2, -0.15) is 0 Å². The van der Waals surface area contributed by atoms with Crippen LogP contribution in [-0.4, -0.2) is 34.0 Å². The van der Waals surface area contributed by atoms with Crippen molar-refractivity contribution in [2.24, 2.45) is 5.92 Å². The van der Waals surface area contributed by atoms with E-state index in [1.54, 1.807) is 148 Å². The summed E-state index contributed by atoms with van der Waals surface area (Å²) < 4.78 is 0. The van der Waals surface area contributed by atoms with Crippen LogP contribution in [0, 0.1) is 5.92 Å². The van der Waals surface area contributed by atoms with Crippen LogP contribution in [0.2, 0.25) is 0 Å². The van der Waals surface area contributed by atoms with Crippen molar-refractivity contribution in [1.82, 2.24) is 0 Å². The lowest BCUT2D eigenvalue weighted by Crippen LogP contribution is -2.35. The predicted octanol–water partition coefficient (Wildman–Crippen LogP) is 10.8. The van der Waals surface area contributed by atoms with Crippen LogP contribution in [0.1, 0.15) is 155 Å². The quantitative estimate of drug-likeness (QED) is 0.311. The largest absolute Gasteiger partial charge is 0.0971 e. The SMILES string of the molecule is C[C@@H](C1CCCC1P(C1CCCCC1)C1CCCCC1)P(C1CCCCC1)C1CCCCC1. The fourth-order valence-electron chi connectivity index (χ4n) is 9.44. The molecule has 5 rings (SSSR count). The summed E-state index contributed by atoms with van der Waals surface area (Å²) in [6, 6.07) is 0. The van der Waals surface area contributed by atoms with Crippen molar-refractivity contribution >= 4 is 15.8 Å². The van der Waals surface area contributed by atoms with Gasteiger partial charge in [-0.3, -0.25) is 0 Å². The molecule has 0 N–H and O–H groups in total. The van der Waals surface area contributed by atoms with Crippen molar-refractivity contribution in [2.45, 2.75) is 189 Å². The summed E-state index contributed by atoms with van der Waals surface area (Å²) in [5.74, 6) is 1.13. The summed E-state index contributed by atoms with van der Waals surface area (Å²) in [6.45, 7) is 2.85. The number of hydrogen-bond donors (Lipinski definition) is 0. The van der Waals surface area contributed by atoms with Gasteiger partial charge < -0.3 is 0 Å². The molecule has 5 saturated carbocycles. The van der Waals surface area contributed by atoms with Crippen LogP contribution in [0.3, 0.4) is 0 Å². The molecule has 0 aliphatic heterocycles. The van der Waals surface area contributed by atoms with Crippen molar-refractivity contribution in [3.05, 3.63) is 0 Å². The van der Waals surface area contributed by atoms with Crippen molar-refractivity contribution in [3.8, 4) is 0 Å². The average molecular weight is 491 g/mol. The molecular formula is C31H56P2. The summed E-state index contributed by atoms with van der Waals surface area (Å²) in [5.41, 5.74) is 6.93. The van der Waals surface area contributed by atoms with E-state index in [2.05, 4.69) is 6.92 Å². The van der Waals surface area contributed by atoms with Crippen LogP contribution >= 0.6 is 15.8 Å². The zero-order chi connectivity index (χ0) is 22.5. The Morgan fingerprint density at radius 3 is 1.24 bits per heavy atom. The lowest BCUT2D eigenvalue weighted by molar-refractivity contribution is 0.456. The highest BCUT2D eigenvalue weighted by Crippen LogP contribution is 2.68. The van der Waals surface area contributed by atoms with E-state index in [0.717, 1.165) is 22.9 Å². The summed E-state index contributed by atoms with van der Waals surface area (Å²) in [7, 11) is 0.536. The minimum absolute atomic E-state index is 0.255. The van der Waals surface area contributed by atoms with Crippen molar-refractivity contribution < 1.29 is 0 Å². The van der Waals surface area contributed by atoms with Gasteiger partial charge in [0.25, 0.3) is 0 Å². The Kier molecular flexibility index (Phi) is 9.97. The van der Waals surface area contributed by atoms with E-state index in [0.29, 0.717) is 0 Å². The van der Waals surface area contributed by atoms with E-state index in [1.165, 1.54) is 17.0 Å². The molecule has 0 heterocycles. The molecule has 33 heavy (non-hydrogen) atoms. The number of rotatable bonds is 7. The fourth-order valence-corrected chi connectivity index (χ4v) is 19.2. The minimum atomic E-state index is 0.255. The molecule has 0 radical (unpaired) electrons. The molecule has 0 aromatic heterocycles. The molecule has 2 heteroatoms. The fraction of sp³-hybridized carbons (Fsp3) is 1.00. The van der Waals surface area contributed by atoms with Gasteiger partial charge >= 0.3 is 0 Å². The highest BCUT2D eigenvalue weighted by atomic mass is 31.1. The van der Waals surface area contributed by atoms with Crippen molar-refractivity contribution in [1.29, 1.82) is 0 Å². The zero-order valence-corrected chi connectivity index (χ0v) is 24.0. The summed E-state index contributed by atoms with van der Waals surface area (Å²) in [4.78, 5) is 0. The third kappa shape index (κ3) is 6.23. The van der Waals surface area contributed by atoms with Gasteiger partial charge in [0.2, 0.25) is 0 Å². The molecule has 0 aromatic carbocycles. The number of hydrogen-bond acceptors (Lipinski definition) is 0. The van der Waals surface area contributed by atoms with Gasteiger partial charge in [0.05, 0.1) is 0 Å². The molecule has 0 aromatic rings. The Balaban J connectivity index is 1.37. The first-order valence-corrected chi connectivity index (χ1v) is 19.0. The maximum atomic E-state index is 2.85. The highest BCUT2D eigenvalue weighted by molar-refractivity contribution is 7.61. The maximum absolute atomic E-state index is 2.85. The summed E-state index contributed by atoms with van der Waals surface area (Å²) >= 11 is 0. The van der Waals surface area contributed by atoms with E-state index in [9.17, 15) is 0 Å². The van der Waals surface area contributed by atoms with Crippen LogP contribution in [-0.2, 0) is 0 Å². The second kappa shape index (κ2) is 12.9. The van der Waals surface area contributed by atoms with Gasteiger partial charge in [-0.1, -0.05) is 106 Å². The third-order valence-electron chi connectivity index (χ3n) is 11.0. The Labute approximate surface area is 210 Å². The normalized spacial score (nSPS) is 33.2. The minimum Gasteiger partial charge on any atom is -0.0971 e. The third-order valence-corrected chi connectivity index (χ3v) is 19.2. The van der Waals surface area contributed by atoms with E-state index in [-0.39, 0.29) is 15.8 Å². The van der Waals surface area contributed by atoms with E-state index in [4.69, 9.17) is 0 Å². The molecule has 3 atom stereocenters. The predicted molar refractivity (Wildman–Crippen MR) is 152 cm³/mol. The summed E-state index contributed by atoms with van der Waals surface area (Å²) in [6.07, 6.45) is 36.5. The second-order valence-electron chi connectivity index (χ2n) is 13.0. The highest BCUT2D eigenvalue weighted by Gasteiger charge is 2.46. The monoisotopic (exact) mass is 490 g/mol. The van der Waals surface area contributed by atoms with Crippen LogP contribution in [0.5, 0.6) is 0 Å². The molecule has 0 saturated heterocycles. The molecule has 0 amide bonds. The standard InChI is InChI=1S/C31H56P2/c1-25(32(26-15-6-2-7-16-26)27-17-8-3-9-18-27)30-23-14-24-31(30)33(28-19-10-4-11-20-28)29-21-12-5-13-22-29/h25-31H,2-24H2,1H3/t25-,30?,31?/m0/s1. The van der Waals surface area contributed by atoms with E-state index in [1.807, 2.05) is 0 Å². The van der Waals surface area contributed by atoms with Gasteiger partial charge in [-0.15, -0.1) is 0 Å². The van der Waals surface area contributed by atoms with Gasteiger partial charge in [-0.25, -0.2) is 0 Å². The van der Waals surface area contributed by atoms with Gasteiger partial charge in [-0.05, 0) is 104 Å². The molecule has 5 fully saturated rings. The molecule has 0 spiro atoms. The second-order valence-corrected chi connectivity index (χ2v) is 19.2. The Hall–Kier alpha value is 0.860. The molecule has 5 aliphatic rings. The topological polar surface area (TPSA) is 0 Å². The molecule has 0 nitrogen and oxygen atoms in total. The van der Waals surface area contributed by atoms with Crippen LogP contribution in [0.4, 0.5) is 0 Å². The Bertz CT molecular complexity index is 515. The first-order chi connectivity index (χ1) is 16.3. The van der Waals surface area contributed by atoms with Crippen LogP contribution in [0.15, 0.2) is 0 Å². The Morgan fingerprint density at radius 1 is 0.424 bits per heavy atom. The van der Waals surface area contributed by atoms with Gasteiger partial charge in [0, 0.05) is 0 Å². The molecule has 190 valence electrons. The zero-order valence-electron chi connectivity index (χ0n) is 22.2. The Morgan fingerprint density at radius 2 is 0.818 bits per heavy atom. The van der Waals surface area contributed by atoms with Crippen molar-refractivity contribution in [2.75, 3.05) is 0 Å². The van der Waals surface area contributed by atoms with Crippen LogP contribution in [0.25, 0.3) is 0 Å². The van der Waals surface area contributed by atoms with Gasteiger partial charge in [0.1, 0.15) is 0 Å².